The number of hydrogen-bond acceptors (Lipinski definition) is 1. The quantitative estimate of drug-likeness (QED) is 0.565. The van der Waals surface area contributed by atoms with Crippen LogP contribution in [0, 0.1) is 11.8 Å². The Morgan fingerprint density at radius 2 is 2.00 bits per heavy atom. The molecule has 0 amide bonds. The van der Waals surface area contributed by atoms with E-state index in [0.29, 0.717) is 17.6 Å². The first-order valence-corrected chi connectivity index (χ1v) is 5.22. The molecule has 0 aliphatic heterocycles. The van der Waals surface area contributed by atoms with Gasteiger partial charge in [0.1, 0.15) is 0 Å². The van der Waals surface area contributed by atoms with Crippen molar-refractivity contribution >= 4 is 5.78 Å². The van der Waals surface area contributed by atoms with Crippen LogP contribution in [0.25, 0.3) is 0 Å². The van der Waals surface area contributed by atoms with E-state index >= 15 is 0 Å². The molecule has 1 nitrogen and oxygen atoms in total. The van der Waals surface area contributed by atoms with Gasteiger partial charge in [0.25, 0.3) is 0 Å². The van der Waals surface area contributed by atoms with Crippen molar-refractivity contribution in [2.75, 3.05) is 0 Å². The Morgan fingerprint density at radius 1 is 1.38 bits per heavy atom. The summed E-state index contributed by atoms with van der Waals surface area (Å²) in [4.78, 5) is 11.7. The fourth-order valence-electron chi connectivity index (χ4n) is 2.03. The van der Waals surface area contributed by atoms with Crippen LogP contribution in [-0.2, 0) is 4.79 Å². The lowest BCUT2D eigenvalue weighted by Gasteiger charge is -2.26. The number of ketones is 1. The van der Waals surface area contributed by atoms with E-state index in [2.05, 4.69) is 13.8 Å². The molecule has 0 unspecified atom stereocenters. The molecule has 0 saturated heterocycles. The molecule has 0 N–H and O–H groups in total. The topological polar surface area (TPSA) is 17.1 Å². The van der Waals surface area contributed by atoms with Crippen LogP contribution in [-0.4, -0.2) is 5.78 Å². The van der Waals surface area contributed by atoms with Crippen molar-refractivity contribution in [1.29, 1.82) is 0 Å². The largest absolute Gasteiger partial charge is 0.295 e. The van der Waals surface area contributed by atoms with Crippen LogP contribution >= 0.6 is 0 Å². The summed E-state index contributed by atoms with van der Waals surface area (Å²) in [6.07, 6.45) is 2.98. The number of carbonyl (C=O) groups is 1. The van der Waals surface area contributed by atoms with Crippen LogP contribution in [0.15, 0.2) is 11.1 Å². The van der Waals surface area contributed by atoms with Gasteiger partial charge in [0, 0.05) is 6.42 Å². The number of carbonyl (C=O) groups excluding carboxylic acids is 1. The molecule has 1 heteroatoms. The van der Waals surface area contributed by atoms with E-state index in [1.54, 1.807) is 0 Å². The van der Waals surface area contributed by atoms with Gasteiger partial charge in [-0.25, -0.2) is 0 Å². The zero-order valence-electron chi connectivity index (χ0n) is 9.18. The fraction of sp³-hybridized carbons (Fsp3) is 0.750. The van der Waals surface area contributed by atoms with Gasteiger partial charge in [0.2, 0.25) is 0 Å². The van der Waals surface area contributed by atoms with Crippen LogP contribution in [0.5, 0.6) is 0 Å². The first-order chi connectivity index (χ1) is 6.02. The first kappa shape index (κ1) is 10.5. The Morgan fingerprint density at radius 3 is 2.38 bits per heavy atom. The highest BCUT2D eigenvalue weighted by atomic mass is 16.1. The predicted molar refractivity (Wildman–Crippen MR) is 55.6 cm³/mol. The molecular weight excluding hydrogens is 160 g/mol. The van der Waals surface area contributed by atoms with Crippen molar-refractivity contribution in [2.45, 2.75) is 47.0 Å². The third-order valence-electron chi connectivity index (χ3n) is 3.10. The minimum absolute atomic E-state index is 0.393. The molecule has 0 spiro atoms. The Balaban J connectivity index is 2.68. The minimum atomic E-state index is 0.393. The lowest BCUT2D eigenvalue weighted by atomic mass is 9.78. The molecular formula is C12H20O. The average molecular weight is 180 g/mol. The summed E-state index contributed by atoms with van der Waals surface area (Å²) in [6.45, 7) is 8.52. The summed E-state index contributed by atoms with van der Waals surface area (Å²) in [6, 6.07) is 0. The highest BCUT2D eigenvalue weighted by Crippen LogP contribution is 2.31. The zero-order valence-corrected chi connectivity index (χ0v) is 9.18. The summed E-state index contributed by atoms with van der Waals surface area (Å²) < 4.78 is 0. The lowest BCUT2D eigenvalue weighted by Crippen LogP contribution is -2.22. The predicted octanol–water partition coefficient (Wildman–Crippen LogP) is 3.35. The van der Waals surface area contributed by atoms with Gasteiger partial charge in [0.05, 0.1) is 0 Å². The Labute approximate surface area is 81.2 Å². The number of rotatable bonds is 1. The van der Waals surface area contributed by atoms with Gasteiger partial charge in [0.15, 0.2) is 5.78 Å². The Kier molecular flexibility index (Phi) is 3.29. The maximum Gasteiger partial charge on any atom is 0.159 e. The highest BCUT2D eigenvalue weighted by Gasteiger charge is 2.25. The molecule has 13 heavy (non-hydrogen) atoms. The molecule has 1 fully saturated rings. The Bertz CT molecular complexity index is 232. The van der Waals surface area contributed by atoms with Crippen LogP contribution in [0.1, 0.15) is 47.0 Å². The molecule has 0 heterocycles. The Hall–Kier alpha value is -0.590. The van der Waals surface area contributed by atoms with Gasteiger partial charge >= 0.3 is 0 Å². The molecule has 0 aromatic rings. The maximum atomic E-state index is 11.7. The molecule has 1 aliphatic carbocycles. The number of allylic oxidation sites excluding steroid dienone is 2. The summed E-state index contributed by atoms with van der Waals surface area (Å²) in [5.41, 5.74) is 2.31. The number of hydrogen-bond donors (Lipinski definition) is 0. The van der Waals surface area contributed by atoms with Crippen LogP contribution in [0.3, 0.4) is 0 Å². The standard InChI is InChI=1S/C12H20O/c1-8(2)10-5-6-11(9(3)4)12(13)7-10/h8,10H,5-7H2,1-4H3/t10-/m0/s1. The van der Waals surface area contributed by atoms with E-state index in [1.807, 2.05) is 13.8 Å². The molecule has 1 saturated carbocycles. The normalized spacial score (nSPS) is 23.9. The molecule has 0 aromatic carbocycles. The van der Waals surface area contributed by atoms with Crippen molar-refractivity contribution in [2.24, 2.45) is 11.8 Å². The van der Waals surface area contributed by atoms with Crippen LogP contribution < -0.4 is 0 Å². The molecule has 0 aromatic heterocycles. The maximum absolute atomic E-state index is 11.7. The first-order valence-electron chi connectivity index (χ1n) is 5.22. The molecule has 1 aliphatic rings. The van der Waals surface area contributed by atoms with Gasteiger partial charge in [-0.2, -0.15) is 0 Å². The molecule has 0 bridgehead atoms. The average Bonchev–Trinajstić information content (AvgIpc) is 2.03. The fourth-order valence-corrected chi connectivity index (χ4v) is 2.03. The SMILES string of the molecule is CC(C)=C1CC[C@H](C(C)C)CC1=O. The third-order valence-corrected chi connectivity index (χ3v) is 3.10. The van der Waals surface area contributed by atoms with Crippen molar-refractivity contribution in [3.8, 4) is 0 Å². The molecule has 1 atom stereocenters. The van der Waals surface area contributed by atoms with Gasteiger partial charge in [-0.3, -0.25) is 4.79 Å². The smallest absolute Gasteiger partial charge is 0.159 e. The van der Waals surface area contributed by atoms with Crippen LogP contribution in [0.4, 0.5) is 0 Å². The van der Waals surface area contributed by atoms with Gasteiger partial charge in [-0.05, 0) is 44.1 Å². The van der Waals surface area contributed by atoms with Gasteiger partial charge < -0.3 is 0 Å². The van der Waals surface area contributed by atoms with Gasteiger partial charge in [-0.1, -0.05) is 19.4 Å². The van der Waals surface area contributed by atoms with E-state index in [9.17, 15) is 4.79 Å². The van der Waals surface area contributed by atoms with E-state index in [-0.39, 0.29) is 0 Å². The summed E-state index contributed by atoms with van der Waals surface area (Å²) in [5.74, 6) is 1.67. The van der Waals surface area contributed by atoms with E-state index < -0.39 is 0 Å². The van der Waals surface area contributed by atoms with E-state index in [0.717, 1.165) is 18.4 Å². The summed E-state index contributed by atoms with van der Waals surface area (Å²) in [7, 11) is 0. The van der Waals surface area contributed by atoms with E-state index in [1.165, 1.54) is 12.0 Å². The molecule has 0 radical (unpaired) electrons. The second-order valence-electron chi connectivity index (χ2n) is 4.65. The monoisotopic (exact) mass is 180 g/mol. The van der Waals surface area contributed by atoms with Crippen molar-refractivity contribution in [3.05, 3.63) is 11.1 Å². The van der Waals surface area contributed by atoms with Crippen molar-refractivity contribution in [1.82, 2.24) is 0 Å². The molecule has 74 valence electrons. The van der Waals surface area contributed by atoms with E-state index in [4.69, 9.17) is 0 Å². The summed E-state index contributed by atoms with van der Waals surface area (Å²) >= 11 is 0. The van der Waals surface area contributed by atoms with Crippen molar-refractivity contribution < 1.29 is 4.79 Å². The van der Waals surface area contributed by atoms with Crippen LogP contribution in [0.2, 0.25) is 0 Å². The molecule has 1 rings (SSSR count). The summed E-state index contributed by atoms with van der Waals surface area (Å²) in [5, 5.41) is 0. The zero-order chi connectivity index (χ0) is 10.0. The van der Waals surface area contributed by atoms with Crippen molar-refractivity contribution in [3.63, 3.8) is 0 Å². The second kappa shape index (κ2) is 4.08. The van der Waals surface area contributed by atoms with Gasteiger partial charge in [-0.15, -0.1) is 0 Å². The number of Topliss-reactive ketones (excluding diaryl/α,β-unsaturated/α-hetero) is 1. The lowest BCUT2D eigenvalue weighted by molar-refractivity contribution is -0.118. The third kappa shape index (κ3) is 2.43. The second-order valence-corrected chi connectivity index (χ2v) is 4.65. The minimum Gasteiger partial charge on any atom is -0.295 e. The highest BCUT2D eigenvalue weighted by molar-refractivity contribution is 5.96.